The van der Waals surface area contributed by atoms with Crippen LogP contribution >= 0.6 is 24.0 Å². The number of guanidine groups is 1. The second-order valence-corrected chi connectivity index (χ2v) is 5.84. The van der Waals surface area contributed by atoms with Crippen molar-refractivity contribution in [2.75, 3.05) is 13.6 Å². The highest BCUT2D eigenvalue weighted by molar-refractivity contribution is 14.0. The zero-order valence-electron chi connectivity index (χ0n) is 13.6. The maximum absolute atomic E-state index is 4.42. The monoisotopic (exact) mass is 425 g/mol. The van der Waals surface area contributed by atoms with Crippen LogP contribution in [0.1, 0.15) is 18.9 Å². The Kier molecular flexibility index (Phi) is 6.44. The summed E-state index contributed by atoms with van der Waals surface area (Å²) in [4.78, 5) is 4.26. The fourth-order valence-electron chi connectivity index (χ4n) is 2.43. The molecule has 1 aliphatic carbocycles. The molecule has 3 rings (SSSR count). The number of nitrogens with one attached hydrogen (secondary N) is 2. The van der Waals surface area contributed by atoms with Crippen LogP contribution in [0, 0.1) is 5.92 Å². The van der Waals surface area contributed by atoms with Crippen LogP contribution in [0.5, 0.6) is 0 Å². The van der Waals surface area contributed by atoms with Gasteiger partial charge in [0.25, 0.3) is 0 Å². The number of benzene rings is 1. The van der Waals surface area contributed by atoms with Gasteiger partial charge in [0.15, 0.2) is 5.96 Å². The molecule has 1 fully saturated rings. The first-order valence-electron chi connectivity index (χ1n) is 7.82. The van der Waals surface area contributed by atoms with Gasteiger partial charge in [0.2, 0.25) is 0 Å². The largest absolute Gasteiger partial charge is 0.356 e. The standard InChI is InChI=1S/C17H23N5.HI/c1-13-10-16(13)21-17(18-2)19-9-8-14-11-20-22(12-14)15-6-4-3-5-7-15;/h3-7,11-13,16H,8-10H2,1-2H3,(H2,18,19,21);1H. The molecule has 1 aliphatic rings. The van der Waals surface area contributed by atoms with Gasteiger partial charge in [-0.3, -0.25) is 4.99 Å². The molecular weight excluding hydrogens is 401 g/mol. The molecule has 6 heteroatoms. The molecule has 0 spiro atoms. The first-order chi connectivity index (χ1) is 10.8. The number of para-hydroxylation sites is 1. The van der Waals surface area contributed by atoms with E-state index in [9.17, 15) is 0 Å². The molecule has 2 unspecified atom stereocenters. The van der Waals surface area contributed by atoms with Crippen molar-refractivity contribution in [2.45, 2.75) is 25.8 Å². The highest BCUT2D eigenvalue weighted by atomic mass is 127. The molecule has 0 amide bonds. The SMILES string of the molecule is CN=C(NCCc1cnn(-c2ccccc2)c1)NC1CC1C.I. The highest BCUT2D eigenvalue weighted by Crippen LogP contribution is 2.28. The molecule has 124 valence electrons. The number of hydrogen-bond acceptors (Lipinski definition) is 2. The molecular formula is C17H24IN5. The van der Waals surface area contributed by atoms with Crippen LogP contribution in [0.4, 0.5) is 0 Å². The Balaban J connectivity index is 0.00000192. The Morgan fingerprint density at radius 1 is 1.35 bits per heavy atom. The first-order valence-corrected chi connectivity index (χ1v) is 7.82. The normalized spacial score (nSPS) is 19.8. The Morgan fingerprint density at radius 3 is 2.74 bits per heavy atom. The summed E-state index contributed by atoms with van der Waals surface area (Å²) in [5, 5.41) is 11.2. The van der Waals surface area contributed by atoms with Gasteiger partial charge in [0, 0.05) is 25.8 Å². The highest BCUT2D eigenvalue weighted by Gasteiger charge is 2.33. The van der Waals surface area contributed by atoms with Crippen molar-refractivity contribution in [1.82, 2.24) is 20.4 Å². The molecule has 0 radical (unpaired) electrons. The van der Waals surface area contributed by atoms with Gasteiger partial charge in [-0.2, -0.15) is 5.10 Å². The number of nitrogens with zero attached hydrogens (tertiary/aromatic N) is 3. The lowest BCUT2D eigenvalue weighted by atomic mass is 10.2. The molecule has 1 aromatic heterocycles. The molecule has 1 heterocycles. The predicted molar refractivity (Wildman–Crippen MR) is 105 cm³/mol. The zero-order valence-corrected chi connectivity index (χ0v) is 15.9. The van der Waals surface area contributed by atoms with E-state index in [1.165, 1.54) is 12.0 Å². The Bertz CT molecular complexity index is 637. The van der Waals surface area contributed by atoms with Crippen molar-refractivity contribution in [3.05, 3.63) is 48.3 Å². The van der Waals surface area contributed by atoms with Crippen LogP contribution in [0.3, 0.4) is 0 Å². The molecule has 1 aromatic carbocycles. The van der Waals surface area contributed by atoms with Gasteiger partial charge < -0.3 is 10.6 Å². The average molecular weight is 425 g/mol. The minimum absolute atomic E-state index is 0. The molecule has 0 aliphatic heterocycles. The van der Waals surface area contributed by atoms with Gasteiger partial charge >= 0.3 is 0 Å². The Morgan fingerprint density at radius 2 is 2.09 bits per heavy atom. The van der Waals surface area contributed by atoms with Crippen molar-refractivity contribution in [3.63, 3.8) is 0 Å². The van der Waals surface area contributed by atoms with E-state index in [-0.39, 0.29) is 24.0 Å². The molecule has 0 bridgehead atoms. The maximum atomic E-state index is 4.42. The van der Waals surface area contributed by atoms with E-state index in [4.69, 9.17) is 0 Å². The lowest BCUT2D eigenvalue weighted by Gasteiger charge is -2.10. The van der Waals surface area contributed by atoms with Gasteiger partial charge in [-0.25, -0.2) is 4.68 Å². The van der Waals surface area contributed by atoms with E-state index in [1.807, 2.05) is 36.1 Å². The van der Waals surface area contributed by atoms with Gasteiger partial charge in [-0.05, 0) is 36.5 Å². The van der Waals surface area contributed by atoms with E-state index in [2.05, 4.69) is 46.0 Å². The third-order valence-electron chi connectivity index (χ3n) is 4.02. The van der Waals surface area contributed by atoms with Crippen LogP contribution < -0.4 is 10.6 Å². The number of aromatic nitrogens is 2. The van der Waals surface area contributed by atoms with E-state index >= 15 is 0 Å². The van der Waals surface area contributed by atoms with Crippen molar-refractivity contribution in [2.24, 2.45) is 10.9 Å². The number of hydrogen-bond donors (Lipinski definition) is 2. The topological polar surface area (TPSA) is 54.2 Å². The predicted octanol–water partition coefficient (Wildman–Crippen LogP) is 2.61. The van der Waals surface area contributed by atoms with Crippen molar-refractivity contribution in [1.29, 1.82) is 0 Å². The Hall–Kier alpha value is -1.57. The summed E-state index contributed by atoms with van der Waals surface area (Å²) in [5.74, 6) is 1.66. The summed E-state index contributed by atoms with van der Waals surface area (Å²) in [5.41, 5.74) is 2.30. The van der Waals surface area contributed by atoms with Gasteiger partial charge in [-0.1, -0.05) is 25.1 Å². The molecule has 5 nitrogen and oxygen atoms in total. The molecule has 23 heavy (non-hydrogen) atoms. The van der Waals surface area contributed by atoms with Crippen LogP contribution in [-0.4, -0.2) is 35.4 Å². The van der Waals surface area contributed by atoms with Gasteiger partial charge in [0.1, 0.15) is 0 Å². The minimum Gasteiger partial charge on any atom is -0.356 e. The summed E-state index contributed by atoms with van der Waals surface area (Å²) in [6, 6.07) is 10.7. The van der Waals surface area contributed by atoms with E-state index in [0.29, 0.717) is 6.04 Å². The molecule has 1 saturated carbocycles. The number of halogens is 1. The van der Waals surface area contributed by atoms with Crippen LogP contribution in [-0.2, 0) is 6.42 Å². The lowest BCUT2D eigenvalue weighted by Crippen LogP contribution is -2.39. The van der Waals surface area contributed by atoms with Crippen molar-refractivity contribution < 1.29 is 0 Å². The fourth-order valence-corrected chi connectivity index (χ4v) is 2.43. The second-order valence-electron chi connectivity index (χ2n) is 5.84. The summed E-state index contributed by atoms with van der Waals surface area (Å²) in [6.45, 7) is 3.10. The average Bonchev–Trinajstić information content (AvgIpc) is 3.04. The van der Waals surface area contributed by atoms with Crippen molar-refractivity contribution >= 4 is 29.9 Å². The number of rotatable bonds is 5. The lowest BCUT2D eigenvalue weighted by molar-refractivity contribution is 0.758. The van der Waals surface area contributed by atoms with Crippen LogP contribution in [0.2, 0.25) is 0 Å². The first kappa shape index (κ1) is 17.8. The van der Waals surface area contributed by atoms with Gasteiger partial charge in [0.05, 0.1) is 11.9 Å². The third-order valence-corrected chi connectivity index (χ3v) is 4.02. The summed E-state index contributed by atoms with van der Waals surface area (Å²) < 4.78 is 1.91. The molecule has 2 N–H and O–H groups in total. The molecule has 0 saturated heterocycles. The van der Waals surface area contributed by atoms with E-state index in [1.54, 1.807) is 0 Å². The maximum Gasteiger partial charge on any atom is 0.191 e. The van der Waals surface area contributed by atoms with Crippen molar-refractivity contribution in [3.8, 4) is 5.69 Å². The third kappa shape index (κ3) is 4.95. The number of aliphatic imine (C=N–C) groups is 1. The minimum atomic E-state index is 0. The van der Waals surface area contributed by atoms with Crippen LogP contribution in [0.25, 0.3) is 5.69 Å². The van der Waals surface area contributed by atoms with Crippen LogP contribution in [0.15, 0.2) is 47.7 Å². The van der Waals surface area contributed by atoms with E-state index < -0.39 is 0 Å². The summed E-state index contributed by atoms with van der Waals surface area (Å²) in [7, 11) is 1.82. The van der Waals surface area contributed by atoms with Gasteiger partial charge in [-0.15, -0.1) is 24.0 Å². The molecule has 2 atom stereocenters. The summed E-state index contributed by atoms with van der Waals surface area (Å²) >= 11 is 0. The summed E-state index contributed by atoms with van der Waals surface area (Å²) in [6.07, 6.45) is 6.17. The fraction of sp³-hybridized carbons (Fsp3) is 0.412. The zero-order chi connectivity index (χ0) is 15.4. The smallest absolute Gasteiger partial charge is 0.191 e. The van der Waals surface area contributed by atoms with E-state index in [0.717, 1.165) is 30.5 Å². The Labute approximate surface area is 154 Å². The quantitative estimate of drug-likeness (QED) is 0.440. The molecule has 2 aromatic rings. The second kappa shape index (κ2) is 8.33.